The number of hydrogen-bond acceptors (Lipinski definition) is 3. The largest absolute Gasteiger partial charge is 0.463 e. The first-order chi connectivity index (χ1) is 10.1. The summed E-state index contributed by atoms with van der Waals surface area (Å²) in [5.41, 5.74) is 1.87. The number of rotatable bonds is 4. The molecule has 5 nitrogen and oxygen atoms in total. The Labute approximate surface area is 123 Å². The SMILES string of the molecule is CCOC(=O)C1=C(/C=C/c2ccccc2)NC(=O)NC1C. The normalized spacial score (nSPS) is 18.4. The van der Waals surface area contributed by atoms with E-state index in [0.717, 1.165) is 5.56 Å². The predicted octanol–water partition coefficient (Wildman–Crippen LogP) is 2.22. The maximum atomic E-state index is 12.0. The van der Waals surface area contributed by atoms with Gasteiger partial charge in [-0.15, -0.1) is 0 Å². The maximum Gasteiger partial charge on any atom is 0.338 e. The third-order valence-corrected chi connectivity index (χ3v) is 3.06. The summed E-state index contributed by atoms with van der Waals surface area (Å²) in [5, 5.41) is 5.30. The van der Waals surface area contributed by atoms with E-state index in [1.165, 1.54) is 0 Å². The van der Waals surface area contributed by atoms with Gasteiger partial charge >= 0.3 is 12.0 Å². The van der Waals surface area contributed by atoms with Crippen LogP contribution in [0.15, 0.2) is 47.7 Å². The van der Waals surface area contributed by atoms with E-state index in [1.807, 2.05) is 36.4 Å². The van der Waals surface area contributed by atoms with Gasteiger partial charge in [0, 0.05) is 0 Å². The lowest BCUT2D eigenvalue weighted by Gasteiger charge is -2.25. The number of amides is 2. The van der Waals surface area contributed by atoms with E-state index in [1.54, 1.807) is 19.9 Å². The van der Waals surface area contributed by atoms with E-state index >= 15 is 0 Å². The molecule has 5 heteroatoms. The van der Waals surface area contributed by atoms with Crippen LogP contribution in [-0.4, -0.2) is 24.6 Å². The first-order valence-electron chi connectivity index (χ1n) is 6.83. The molecule has 1 aliphatic heterocycles. The van der Waals surface area contributed by atoms with Crippen molar-refractivity contribution in [3.8, 4) is 0 Å². The van der Waals surface area contributed by atoms with Gasteiger partial charge in [0.25, 0.3) is 0 Å². The molecule has 0 fully saturated rings. The van der Waals surface area contributed by atoms with Crippen molar-refractivity contribution >= 4 is 18.1 Å². The molecule has 1 aromatic rings. The van der Waals surface area contributed by atoms with Gasteiger partial charge in [-0.2, -0.15) is 0 Å². The van der Waals surface area contributed by atoms with E-state index in [9.17, 15) is 9.59 Å². The van der Waals surface area contributed by atoms with Crippen LogP contribution in [0.2, 0.25) is 0 Å². The Balaban J connectivity index is 2.33. The van der Waals surface area contributed by atoms with Crippen LogP contribution in [0.4, 0.5) is 4.79 Å². The molecule has 1 aliphatic rings. The number of carbonyl (C=O) groups excluding carboxylic acids is 2. The average molecular weight is 286 g/mol. The van der Waals surface area contributed by atoms with Gasteiger partial charge in [-0.05, 0) is 25.5 Å². The molecule has 21 heavy (non-hydrogen) atoms. The minimum Gasteiger partial charge on any atom is -0.463 e. The Morgan fingerprint density at radius 2 is 2.00 bits per heavy atom. The summed E-state index contributed by atoms with van der Waals surface area (Å²) < 4.78 is 5.05. The van der Waals surface area contributed by atoms with E-state index < -0.39 is 12.0 Å². The van der Waals surface area contributed by atoms with Gasteiger partial charge in [-0.25, -0.2) is 9.59 Å². The third kappa shape index (κ3) is 3.72. The Kier molecular flexibility index (Phi) is 4.77. The quantitative estimate of drug-likeness (QED) is 0.834. The van der Waals surface area contributed by atoms with Crippen LogP contribution in [0.25, 0.3) is 6.08 Å². The lowest BCUT2D eigenvalue weighted by atomic mass is 10.0. The van der Waals surface area contributed by atoms with Crippen molar-refractivity contribution in [2.75, 3.05) is 6.61 Å². The van der Waals surface area contributed by atoms with Crippen molar-refractivity contribution in [1.82, 2.24) is 10.6 Å². The van der Waals surface area contributed by atoms with Crippen LogP contribution in [0.5, 0.6) is 0 Å². The number of urea groups is 1. The minimum atomic E-state index is -0.426. The van der Waals surface area contributed by atoms with Gasteiger partial charge < -0.3 is 15.4 Å². The molecule has 1 heterocycles. The molecule has 0 spiro atoms. The highest BCUT2D eigenvalue weighted by Gasteiger charge is 2.28. The molecule has 0 aliphatic carbocycles. The molecular weight excluding hydrogens is 268 g/mol. The first kappa shape index (κ1) is 14.8. The second-order valence-electron chi connectivity index (χ2n) is 4.61. The number of carbonyl (C=O) groups is 2. The summed E-state index contributed by atoms with van der Waals surface area (Å²) in [6, 6.07) is 8.92. The zero-order valence-corrected chi connectivity index (χ0v) is 12.1. The summed E-state index contributed by atoms with van der Waals surface area (Å²) in [7, 11) is 0. The van der Waals surface area contributed by atoms with Crippen molar-refractivity contribution in [2.24, 2.45) is 0 Å². The van der Waals surface area contributed by atoms with Crippen LogP contribution >= 0.6 is 0 Å². The fourth-order valence-corrected chi connectivity index (χ4v) is 2.10. The summed E-state index contributed by atoms with van der Waals surface area (Å²) in [5.74, 6) is -0.426. The maximum absolute atomic E-state index is 12.0. The monoisotopic (exact) mass is 286 g/mol. The van der Waals surface area contributed by atoms with Gasteiger partial charge in [0.05, 0.1) is 23.9 Å². The number of allylic oxidation sites excluding steroid dienone is 1. The molecule has 0 saturated carbocycles. The molecule has 110 valence electrons. The highest BCUT2D eigenvalue weighted by molar-refractivity contribution is 5.95. The summed E-state index contributed by atoms with van der Waals surface area (Å²) in [6.45, 7) is 3.79. The molecule has 2 rings (SSSR count). The third-order valence-electron chi connectivity index (χ3n) is 3.06. The van der Waals surface area contributed by atoms with Gasteiger partial charge in [-0.1, -0.05) is 36.4 Å². The molecular formula is C16H18N2O3. The highest BCUT2D eigenvalue weighted by Crippen LogP contribution is 2.16. The Morgan fingerprint density at radius 1 is 1.29 bits per heavy atom. The number of hydrogen-bond donors (Lipinski definition) is 2. The van der Waals surface area contributed by atoms with Crippen LogP contribution in [-0.2, 0) is 9.53 Å². The van der Waals surface area contributed by atoms with Crippen LogP contribution in [0.1, 0.15) is 19.4 Å². The molecule has 1 aromatic carbocycles. The van der Waals surface area contributed by atoms with Crippen LogP contribution in [0, 0.1) is 0 Å². The highest BCUT2D eigenvalue weighted by atomic mass is 16.5. The van der Waals surface area contributed by atoms with Crippen LogP contribution < -0.4 is 10.6 Å². The number of benzene rings is 1. The fraction of sp³-hybridized carbons (Fsp3) is 0.250. The Bertz CT molecular complexity index is 591. The fourth-order valence-electron chi connectivity index (χ4n) is 2.10. The molecule has 0 saturated heterocycles. The van der Waals surface area contributed by atoms with Crippen molar-refractivity contribution in [2.45, 2.75) is 19.9 Å². The standard InChI is InChI=1S/C16H18N2O3/c1-3-21-15(19)14-11(2)17-16(20)18-13(14)10-9-12-7-5-4-6-8-12/h4-11H,3H2,1-2H3,(H2,17,18,20)/b10-9+. The number of nitrogens with one attached hydrogen (secondary N) is 2. The molecule has 2 amide bonds. The smallest absolute Gasteiger partial charge is 0.338 e. The lowest BCUT2D eigenvalue weighted by molar-refractivity contribution is -0.138. The minimum absolute atomic E-state index is 0.290. The molecule has 0 bridgehead atoms. The molecule has 0 radical (unpaired) electrons. The first-order valence-corrected chi connectivity index (χ1v) is 6.83. The van der Waals surface area contributed by atoms with Crippen molar-refractivity contribution < 1.29 is 14.3 Å². The van der Waals surface area contributed by atoms with Gasteiger partial charge in [-0.3, -0.25) is 0 Å². The molecule has 1 unspecified atom stereocenters. The molecule has 2 N–H and O–H groups in total. The molecule has 0 aromatic heterocycles. The molecule has 1 atom stereocenters. The lowest BCUT2D eigenvalue weighted by Crippen LogP contribution is -2.48. The second kappa shape index (κ2) is 6.74. The van der Waals surface area contributed by atoms with Crippen molar-refractivity contribution in [3.63, 3.8) is 0 Å². The van der Waals surface area contributed by atoms with Gasteiger partial charge in [0.1, 0.15) is 0 Å². The summed E-state index contributed by atoms with van der Waals surface area (Å²) in [6.07, 6.45) is 3.56. The van der Waals surface area contributed by atoms with E-state index in [4.69, 9.17) is 4.74 Å². The Morgan fingerprint density at radius 3 is 2.67 bits per heavy atom. The summed E-state index contributed by atoms with van der Waals surface area (Å²) >= 11 is 0. The topological polar surface area (TPSA) is 67.4 Å². The van der Waals surface area contributed by atoms with E-state index in [0.29, 0.717) is 17.9 Å². The summed E-state index contributed by atoms with van der Waals surface area (Å²) in [4.78, 5) is 23.6. The van der Waals surface area contributed by atoms with Crippen molar-refractivity contribution in [1.29, 1.82) is 0 Å². The average Bonchev–Trinajstić information content (AvgIpc) is 2.45. The zero-order valence-electron chi connectivity index (χ0n) is 12.1. The second-order valence-corrected chi connectivity index (χ2v) is 4.61. The predicted molar refractivity (Wildman–Crippen MR) is 80.3 cm³/mol. The van der Waals surface area contributed by atoms with Crippen LogP contribution in [0.3, 0.4) is 0 Å². The van der Waals surface area contributed by atoms with E-state index in [2.05, 4.69) is 10.6 Å². The van der Waals surface area contributed by atoms with E-state index in [-0.39, 0.29) is 6.03 Å². The van der Waals surface area contributed by atoms with Gasteiger partial charge in [0.2, 0.25) is 0 Å². The van der Waals surface area contributed by atoms with Crippen molar-refractivity contribution in [3.05, 3.63) is 53.2 Å². The number of esters is 1. The number of ether oxygens (including phenoxy) is 1. The zero-order chi connectivity index (χ0) is 15.2. The van der Waals surface area contributed by atoms with Gasteiger partial charge in [0.15, 0.2) is 0 Å². The Hall–Kier alpha value is -2.56.